The lowest BCUT2D eigenvalue weighted by Gasteiger charge is -2.14. The summed E-state index contributed by atoms with van der Waals surface area (Å²) in [6, 6.07) is 12.3. The van der Waals surface area contributed by atoms with Crippen molar-refractivity contribution in [1.29, 1.82) is 0 Å². The van der Waals surface area contributed by atoms with E-state index >= 15 is 0 Å². The number of hydrogen-bond donors (Lipinski definition) is 1. The lowest BCUT2D eigenvalue weighted by Crippen LogP contribution is -2.17. The molecule has 1 unspecified atom stereocenters. The molecule has 1 heterocycles. The largest absolute Gasteiger partial charge is 0.306 e. The Balaban J connectivity index is 1.95. The molecule has 0 amide bonds. The zero-order valence-corrected chi connectivity index (χ0v) is 10.5. The summed E-state index contributed by atoms with van der Waals surface area (Å²) in [5, 5.41) is 4.23. The lowest BCUT2D eigenvalue weighted by atomic mass is 10.1. The standard InChI is InChI=1S/C14H15ClN2/c1-11(13-5-7-16-8-6-13)17-10-12-3-2-4-14(15)9-12/h2-9,11,17H,10H2,1H3. The minimum absolute atomic E-state index is 0.303. The predicted octanol–water partition coefficient (Wildman–Crippen LogP) is 3.59. The smallest absolute Gasteiger partial charge is 0.0409 e. The number of aromatic nitrogens is 1. The highest BCUT2D eigenvalue weighted by Gasteiger charge is 2.03. The minimum atomic E-state index is 0.303. The second-order valence-corrected chi connectivity index (χ2v) is 4.45. The third kappa shape index (κ3) is 3.55. The summed E-state index contributed by atoms with van der Waals surface area (Å²) in [6.45, 7) is 2.95. The van der Waals surface area contributed by atoms with Crippen molar-refractivity contribution in [2.45, 2.75) is 19.5 Å². The average molecular weight is 247 g/mol. The Morgan fingerprint density at radius 3 is 2.71 bits per heavy atom. The molecule has 0 aliphatic carbocycles. The molecule has 0 bridgehead atoms. The highest BCUT2D eigenvalue weighted by atomic mass is 35.5. The number of hydrogen-bond acceptors (Lipinski definition) is 2. The first-order valence-corrected chi connectivity index (χ1v) is 6.01. The zero-order valence-electron chi connectivity index (χ0n) is 9.73. The van der Waals surface area contributed by atoms with Gasteiger partial charge in [-0.1, -0.05) is 23.7 Å². The second kappa shape index (κ2) is 5.80. The Morgan fingerprint density at radius 2 is 2.00 bits per heavy atom. The summed E-state index contributed by atoms with van der Waals surface area (Å²) >= 11 is 5.94. The number of rotatable bonds is 4. The van der Waals surface area contributed by atoms with E-state index in [4.69, 9.17) is 11.6 Å². The summed E-state index contributed by atoms with van der Waals surface area (Å²) in [5.41, 5.74) is 2.43. The first kappa shape index (κ1) is 12.1. The van der Waals surface area contributed by atoms with Crippen LogP contribution < -0.4 is 5.32 Å². The highest BCUT2D eigenvalue weighted by Crippen LogP contribution is 2.14. The van der Waals surface area contributed by atoms with Crippen LogP contribution in [0.25, 0.3) is 0 Å². The van der Waals surface area contributed by atoms with Crippen molar-refractivity contribution in [3.63, 3.8) is 0 Å². The topological polar surface area (TPSA) is 24.9 Å². The van der Waals surface area contributed by atoms with E-state index in [1.807, 2.05) is 42.7 Å². The minimum Gasteiger partial charge on any atom is -0.306 e. The molecule has 1 N–H and O–H groups in total. The van der Waals surface area contributed by atoms with Gasteiger partial charge in [0.05, 0.1) is 0 Å². The van der Waals surface area contributed by atoms with Gasteiger partial charge in [0.15, 0.2) is 0 Å². The molecule has 0 radical (unpaired) electrons. The number of benzene rings is 1. The van der Waals surface area contributed by atoms with Crippen LogP contribution in [0.1, 0.15) is 24.1 Å². The van der Waals surface area contributed by atoms with Crippen molar-refractivity contribution < 1.29 is 0 Å². The van der Waals surface area contributed by atoms with Crippen LogP contribution >= 0.6 is 11.6 Å². The monoisotopic (exact) mass is 246 g/mol. The molecule has 0 fully saturated rings. The number of nitrogens with one attached hydrogen (secondary N) is 1. The third-order valence-corrected chi connectivity index (χ3v) is 2.94. The molecule has 88 valence electrons. The first-order valence-electron chi connectivity index (χ1n) is 5.63. The zero-order chi connectivity index (χ0) is 12.1. The Morgan fingerprint density at radius 1 is 1.24 bits per heavy atom. The van der Waals surface area contributed by atoms with Gasteiger partial charge in [-0.05, 0) is 42.3 Å². The Kier molecular flexibility index (Phi) is 4.13. The summed E-state index contributed by atoms with van der Waals surface area (Å²) in [5.74, 6) is 0. The van der Waals surface area contributed by atoms with Gasteiger partial charge in [-0.2, -0.15) is 0 Å². The van der Waals surface area contributed by atoms with Gasteiger partial charge in [0, 0.05) is 30.0 Å². The molecule has 0 aliphatic rings. The number of halogens is 1. The second-order valence-electron chi connectivity index (χ2n) is 4.01. The van der Waals surface area contributed by atoms with Crippen molar-refractivity contribution in [3.05, 3.63) is 64.9 Å². The lowest BCUT2D eigenvalue weighted by molar-refractivity contribution is 0.574. The van der Waals surface area contributed by atoms with E-state index in [9.17, 15) is 0 Å². The van der Waals surface area contributed by atoms with Crippen molar-refractivity contribution in [3.8, 4) is 0 Å². The molecule has 1 aromatic heterocycles. The maximum atomic E-state index is 5.94. The first-order chi connectivity index (χ1) is 8.25. The van der Waals surface area contributed by atoms with Crippen LogP contribution in [0, 0.1) is 0 Å². The third-order valence-electron chi connectivity index (χ3n) is 2.71. The quantitative estimate of drug-likeness (QED) is 0.892. The summed E-state index contributed by atoms with van der Waals surface area (Å²) < 4.78 is 0. The SMILES string of the molecule is CC(NCc1cccc(Cl)c1)c1ccncc1. The fourth-order valence-corrected chi connectivity index (χ4v) is 1.90. The van der Waals surface area contributed by atoms with Crippen LogP contribution in [0.4, 0.5) is 0 Å². The normalized spacial score (nSPS) is 12.4. The fourth-order valence-electron chi connectivity index (χ4n) is 1.69. The highest BCUT2D eigenvalue weighted by molar-refractivity contribution is 6.30. The van der Waals surface area contributed by atoms with Gasteiger partial charge < -0.3 is 5.32 Å². The van der Waals surface area contributed by atoms with Gasteiger partial charge in [-0.15, -0.1) is 0 Å². The van der Waals surface area contributed by atoms with Gasteiger partial charge in [-0.3, -0.25) is 4.98 Å². The Labute approximate surface area is 107 Å². The Bertz CT molecular complexity index is 471. The van der Waals surface area contributed by atoms with Crippen molar-refractivity contribution in [1.82, 2.24) is 10.3 Å². The van der Waals surface area contributed by atoms with Gasteiger partial charge in [0.1, 0.15) is 0 Å². The van der Waals surface area contributed by atoms with E-state index in [2.05, 4.69) is 23.3 Å². The van der Waals surface area contributed by atoms with Crippen LogP contribution in [0.3, 0.4) is 0 Å². The Hall–Kier alpha value is -1.38. The molecule has 2 rings (SSSR count). The van der Waals surface area contributed by atoms with Gasteiger partial charge in [0.25, 0.3) is 0 Å². The molecular weight excluding hydrogens is 232 g/mol. The molecule has 0 spiro atoms. The average Bonchev–Trinajstić information content (AvgIpc) is 2.37. The summed E-state index contributed by atoms with van der Waals surface area (Å²) in [4.78, 5) is 4.01. The van der Waals surface area contributed by atoms with Crippen LogP contribution in [-0.4, -0.2) is 4.98 Å². The molecule has 3 heteroatoms. The molecule has 2 nitrogen and oxygen atoms in total. The molecule has 0 saturated heterocycles. The van der Waals surface area contributed by atoms with E-state index < -0.39 is 0 Å². The van der Waals surface area contributed by atoms with Gasteiger partial charge in [-0.25, -0.2) is 0 Å². The summed E-state index contributed by atoms with van der Waals surface area (Å²) in [7, 11) is 0. The van der Waals surface area contributed by atoms with Gasteiger partial charge >= 0.3 is 0 Å². The number of nitrogens with zero attached hydrogens (tertiary/aromatic N) is 1. The van der Waals surface area contributed by atoms with Crippen LogP contribution in [-0.2, 0) is 6.54 Å². The van der Waals surface area contributed by atoms with Crippen LogP contribution in [0.5, 0.6) is 0 Å². The maximum Gasteiger partial charge on any atom is 0.0409 e. The van der Waals surface area contributed by atoms with E-state index in [0.29, 0.717) is 6.04 Å². The maximum absolute atomic E-state index is 5.94. The van der Waals surface area contributed by atoms with E-state index in [0.717, 1.165) is 11.6 Å². The van der Waals surface area contributed by atoms with Crippen LogP contribution in [0.15, 0.2) is 48.8 Å². The predicted molar refractivity (Wildman–Crippen MR) is 70.9 cm³/mol. The molecular formula is C14H15ClN2. The molecule has 0 aliphatic heterocycles. The molecule has 2 aromatic rings. The fraction of sp³-hybridized carbons (Fsp3) is 0.214. The van der Waals surface area contributed by atoms with Crippen LogP contribution in [0.2, 0.25) is 5.02 Å². The van der Waals surface area contributed by atoms with Crippen molar-refractivity contribution >= 4 is 11.6 Å². The molecule has 17 heavy (non-hydrogen) atoms. The molecule has 0 saturated carbocycles. The van der Waals surface area contributed by atoms with Crippen molar-refractivity contribution in [2.75, 3.05) is 0 Å². The van der Waals surface area contributed by atoms with Crippen molar-refractivity contribution in [2.24, 2.45) is 0 Å². The van der Waals surface area contributed by atoms with Gasteiger partial charge in [0.2, 0.25) is 0 Å². The van der Waals surface area contributed by atoms with E-state index in [-0.39, 0.29) is 0 Å². The number of pyridine rings is 1. The van der Waals surface area contributed by atoms with E-state index in [1.165, 1.54) is 11.1 Å². The molecule has 1 atom stereocenters. The van der Waals surface area contributed by atoms with E-state index in [1.54, 1.807) is 0 Å². The molecule has 1 aromatic carbocycles. The summed E-state index contributed by atoms with van der Waals surface area (Å²) in [6.07, 6.45) is 3.62.